The molecule has 0 spiro atoms. The summed E-state index contributed by atoms with van der Waals surface area (Å²) >= 11 is 0. The average molecular weight is 215 g/mol. The van der Waals surface area contributed by atoms with Crippen LogP contribution in [0.4, 0.5) is 0 Å². The van der Waals surface area contributed by atoms with E-state index in [0.29, 0.717) is 19.8 Å². The largest absolute Gasteiger partial charge is 0.462 e. The van der Waals surface area contributed by atoms with Crippen molar-refractivity contribution < 1.29 is 14.3 Å². The molecular formula is C11H21NO3. The summed E-state index contributed by atoms with van der Waals surface area (Å²) in [6, 6.07) is 0. The highest BCUT2D eigenvalue weighted by atomic mass is 16.6. The second kappa shape index (κ2) is 6.08. The van der Waals surface area contributed by atoms with Gasteiger partial charge in [-0.25, -0.2) is 0 Å². The minimum atomic E-state index is -0.732. The molecule has 1 aliphatic rings. The van der Waals surface area contributed by atoms with Crippen LogP contribution in [0.25, 0.3) is 0 Å². The minimum Gasteiger partial charge on any atom is -0.462 e. The van der Waals surface area contributed by atoms with Gasteiger partial charge in [0.2, 0.25) is 0 Å². The van der Waals surface area contributed by atoms with E-state index in [2.05, 4.69) is 0 Å². The highest BCUT2D eigenvalue weighted by Crippen LogP contribution is 2.26. The Hall–Kier alpha value is -0.610. The van der Waals surface area contributed by atoms with E-state index < -0.39 is 5.54 Å². The van der Waals surface area contributed by atoms with Crippen molar-refractivity contribution in [3.05, 3.63) is 0 Å². The van der Waals surface area contributed by atoms with Gasteiger partial charge in [0.1, 0.15) is 12.1 Å². The van der Waals surface area contributed by atoms with Gasteiger partial charge < -0.3 is 15.2 Å². The van der Waals surface area contributed by atoms with Crippen molar-refractivity contribution in [1.29, 1.82) is 0 Å². The van der Waals surface area contributed by atoms with Crippen LogP contribution in [0.3, 0.4) is 0 Å². The Kier molecular flexibility index (Phi) is 5.05. The van der Waals surface area contributed by atoms with Gasteiger partial charge in [-0.15, -0.1) is 0 Å². The topological polar surface area (TPSA) is 61.5 Å². The molecule has 1 aliphatic carbocycles. The van der Waals surface area contributed by atoms with E-state index in [0.717, 1.165) is 25.7 Å². The zero-order chi connectivity index (χ0) is 11.1. The molecular weight excluding hydrogens is 194 g/mol. The number of ether oxygens (including phenoxy) is 2. The van der Waals surface area contributed by atoms with Gasteiger partial charge in [-0.1, -0.05) is 19.3 Å². The van der Waals surface area contributed by atoms with Gasteiger partial charge in [-0.3, -0.25) is 4.79 Å². The van der Waals surface area contributed by atoms with Crippen LogP contribution in [0.2, 0.25) is 0 Å². The van der Waals surface area contributed by atoms with Crippen molar-refractivity contribution in [1.82, 2.24) is 0 Å². The van der Waals surface area contributed by atoms with Gasteiger partial charge in [-0.05, 0) is 19.8 Å². The van der Waals surface area contributed by atoms with E-state index in [9.17, 15) is 4.79 Å². The molecule has 1 saturated carbocycles. The van der Waals surface area contributed by atoms with Gasteiger partial charge in [0, 0.05) is 6.61 Å². The lowest BCUT2D eigenvalue weighted by Gasteiger charge is -2.30. The lowest BCUT2D eigenvalue weighted by atomic mass is 9.83. The van der Waals surface area contributed by atoms with Crippen molar-refractivity contribution in [2.45, 2.75) is 44.6 Å². The van der Waals surface area contributed by atoms with E-state index in [4.69, 9.17) is 15.2 Å². The van der Waals surface area contributed by atoms with Crippen LogP contribution in [0.15, 0.2) is 0 Å². The van der Waals surface area contributed by atoms with E-state index >= 15 is 0 Å². The van der Waals surface area contributed by atoms with Crippen LogP contribution in [0.5, 0.6) is 0 Å². The molecule has 0 bridgehead atoms. The Bertz CT molecular complexity index is 200. The zero-order valence-electron chi connectivity index (χ0n) is 9.46. The van der Waals surface area contributed by atoms with Crippen LogP contribution in [-0.4, -0.2) is 31.3 Å². The van der Waals surface area contributed by atoms with Gasteiger partial charge in [0.05, 0.1) is 6.61 Å². The number of hydrogen-bond acceptors (Lipinski definition) is 4. The molecule has 0 aliphatic heterocycles. The zero-order valence-corrected chi connectivity index (χ0v) is 9.46. The first-order chi connectivity index (χ1) is 7.19. The van der Waals surface area contributed by atoms with Gasteiger partial charge in [-0.2, -0.15) is 0 Å². The Labute approximate surface area is 91.1 Å². The maximum atomic E-state index is 11.7. The molecule has 0 unspecified atom stereocenters. The van der Waals surface area contributed by atoms with Gasteiger partial charge >= 0.3 is 5.97 Å². The summed E-state index contributed by atoms with van der Waals surface area (Å²) in [6.45, 7) is 3.32. The molecule has 0 amide bonds. The minimum absolute atomic E-state index is 0.262. The molecule has 0 heterocycles. The molecule has 88 valence electrons. The standard InChI is InChI=1S/C11H21NO3/c1-2-14-8-9-15-10(13)11(12)6-4-3-5-7-11/h2-9,12H2,1H3. The Morgan fingerprint density at radius 2 is 1.93 bits per heavy atom. The summed E-state index contributed by atoms with van der Waals surface area (Å²) in [5, 5.41) is 0. The van der Waals surface area contributed by atoms with Gasteiger partial charge in [0.25, 0.3) is 0 Å². The Morgan fingerprint density at radius 3 is 2.53 bits per heavy atom. The summed E-state index contributed by atoms with van der Waals surface area (Å²) in [7, 11) is 0. The fourth-order valence-corrected chi connectivity index (χ4v) is 1.87. The van der Waals surface area contributed by atoms with Crippen LogP contribution >= 0.6 is 0 Å². The molecule has 0 atom stereocenters. The van der Waals surface area contributed by atoms with E-state index in [1.54, 1.807) is 0 Å². The quantitative estimate of drug-likeness (QED) is 0.553. The number of carbonyl (C=O) groups excluding carboxylic acids is 1. The highest BCUT2D eigenvalue weighted by molar-refractivity contribution is 5.80. The van der Waals surface area contributed by atoms with Crippen molar-refractivity contribution in [2.24, 2.45) is 5.73 Å². The van der Waals surface area contributed by atoms with Crippen molar-refractivity contribution >= 4 is 5.97 Å². The van der Waals surface area contributed by atoms with Gasteiger partial charge in [0.15, 0.2) is 0 Å². The second-order valence-corrected chi connectivity index (χ2v) is 4.05. The fraction of sp³-hybridized carbons (Fsp3) is 0.909. The monoisotopic (exact) mass is 215 g/mol. The van der Waals surface area contributed by atoms with Crippen LogP contribution in [0.1, 0.15) is 39.0 Å². The van der Waals surface area contributed by atoms with Crippen LogP contribution in [0, 0.1) is 0 Å². The first-order valence-corrected chi connectivity index (χ1v) is 5.73. The average Bonchev–Trinajstić information content (AvgIpc) is 2.25. The number of nitrogens with two attached hydrogens (primary N) is 1. The number of rotatable bonds is 5. The molecule has 0 aromatic carbocycles. The summed E-state index contributed by atoms with van der Waals surface area (Å²) < 4.78 is 10.2. The smallest absolute Gasteiger partial charge is 0.326 e. The predicted octanol–water partition coefficient (Wildman–Crippen LogP) is 1.23. The maximum absolute atomic E-state index is 11.7. The van der Waals surface area contributed by atoms with E-state index in [1.165, 1.54) is 6.42 Å². The summed E-state index contributed by atoms with van der Waals surface area (Å²) in [6.07, 6.45) is 4.72. The molecule has 4 nitrogen and oxygen atoms in total. The molecule has 15 heavy (non-hydrogen) atoms. The van der Waals surface area contributed by atoms with Crippen LogP contribution in [-0.2, 0) is 14.3 Å². The third-order valence-electron chi connectivity index (χ3n) is 2.82. The highest BCUT2D eigenvalue weighted by Gasteiger charge is 2.36. The van der Waals surface area contributed by atoms with Crippen molar-refractivity contribution in [2.75, 3.05) is 19.8 Å². The van der Waals surface area contributed by atoms with Crippen LogP contribution < -0.4 is 5.73 Å². The Balaban J connectivity index is 2.25. The molecule has 1 fully saturated rings. The summed E-state index contributed by atoms with van der Waals surface area (Å²) in [5.74, 6) is -0.262. The number of carbonyl (C=O) groups is 1. The van der Waals surface area contributed by atoms with E-state index in [-0.39, 0.29) is 5.97 Å². The number of esters is 1. The normalized spacial score (nSPS) is 19.9. The lowest BCUT2D eigenvalue weighted by molar-refractivity contribution is -0.153. The van der Waals surface area contributed by atoms with Crippen molar-refractivity contribution in [3.8, 4) is 0 Å². The predicted molar refractivity (Wildman–Crippen MR) is 57.5 cm³/mol. The SMILES string of the molecule is CCOCCOC(=O)C1(N)CCCCC1. The molecule has 0 saturated heterocycles. The first-order valence-electron chi connectivity index (χ1n) is 5.73. The molecule has 0 radical (unpaired) electrons. The third-order valence-corrected chi connectivity index (χ3v) is 2.82. The molecule has 2 N–H and O–H groups in total. The second-order valence-electron chi connectivity index (χ2n) is 4.05. The van der Waals surface area contributed by atoms with E-state index in [1.807, 2.05) is 6.92 Å². The first kappa shape index (κ1) is 12.5. The maximum Gasteiger partial charge on any atom is 0.326 e. The molecule has 0 aromatic heterocycles. The molecule has 0 aromatic rings. The lowest BCUT2D eigenvalue weighted by Crippen LogP contribution is -2.50. The Morgan fingerprint density at radius 1 is 1.27 bits per heavy atom. The fourth-order valence-electron chi connectivity index (χ4n) is 1.87. The summed E-state index contributed by atoms with van der Waals surface area (Å²) in [5.41, 5.74) is 5.27. The summed E-state index contributed by atoms with van der Waals surface area (Å²) in [4.78, 5) is 11.7. The van der Waals surface area contributed by atoms with Crippen molar-refractivity contribution in [3.63, 3.8) is 0 Å². The number of hydrogen-bond donors (Lipinski definition) is 1. The molecule has 1 rings (SSSR count). The third kappa shape index (κ3) is 3.80. The molecule has 4 heteroatoms.